The van der Waals surface area contributed by atoms with Crippen LogP contribution >= 0.6 is 0 Å². The molecule has 0 radical (unpaired) electrons. The van der Waals surface area contributed by atoms with Crippen LogP contribution in [0, 0.1) is 19.1 Å². The van der Waals surface area contributed by atoms with Gasteiger partial charge in [0.25, 0.3) is 5.91 Å². The van der Waals surface area contributed by atoms with E-state index in [2.05, 4.69) is 36.2 Å². The third-order valence-electron chi connectivity index (χ3n) is 7.18. The monoisotopic (exact) mass is 481 g/mol. The number of hydrogen-bond acceptors (Lipinski definition) is 4. The number of carbonyl (C=O) groups is 1. The molecule has 5 rings (SSSR count). The molecule has 6 heteroatoms. The molecule has 0 N–H and O–H groups in total. The Hall–Kier alpha value is -3.58. The zero-order valence-corrected chi connectivity index (χ0v) is 21.0. The molecule has 36 heavy (non-hydrogen) atoms. The lowest BCUT2D eigenvalue weighted by molar-refractivity contribution is 0.0601. The van der Waals surface area contributed by atoms with Gasteiger partial charge in [0, 0.05) is 31.4 Å². The molecule has 3 aromatic carbocycles. The topological polar surface area (TPSA) is 65.5 Å². The first-order valence-corrected chi connectivity index (χ1v) is 12.3. The van der Waals surface area contributed by atoms with Crippen molar-refractivity contribution in [2.45, 2.75) is 20.4 Å². The number of quaternary nitrogens is 1. The van der Waals surface area contributed by atoms with Gasteiger partial charge in [0.05, 0.1) is 18.8 Å². The van der Waals surface area contributed by atoms with Gasteiger partial charge in [0.15, 0.2) is 0 Å². The van der Waals surface area contributed by atoms with Crippen LogP contribution in [0.4, 0.5) is 5.82 Å². The molecule has 1 aliphatic heterocycles. The summed E-state index contributed by atoms with van der Waals surface area (Å²) < 4.78 is 4.86. The maximum atomic E-state index is 13.9. The molecule has 1 fully saturated rings. The molecule has 6 nitrogen and oxygen atoms in total. The van der Waals surface area contributed by atoms with Crippen LogP contribution in [-0.2, 0) is 11.3 Å². The molecule has 2 heterocycles. The second kappa shape index (κ2) is 9.82. The van der Waals surface area contributed by atoms with Gasteiger partial charge >= 0.3 is 0 Å². The second-order valence-corrected chi connectivity index (χ2v) is 9.60. The lowest BCUT2D eigenvalue weighted by Gasteiger charge is -2.43. The van der Waals surface area contributed by atoms with Gasteiger partial charge in [-0.1, -0.05) is 60.7 Å². The van der Waals surface area contributed by atoms with Gasteiger partial charge in [0.2, 0.25) is 5.82 Å². The zero-order valence-electron chi connectivity index (χ0n) is 21.0. The number of fused-ring (bicyclic) bond motifs is 1. The molecule has 0 atom stereocenters. The van der Waals surface area contributed by atoms with E-state index < -0.39 is 4.65 Å². The number of hydroxylamine groups is 2. The largest absolute Gasteiger partial charge is 0.626 e. The molecule has 1 aliphatic rings. The molecule has 0 bridgehead atoms. The minimum atomic E-state index is -0.543. The van der Waals surface area contributed by atoms with Crippen LogP contribution in [0.5, 0.6) is 0 Å². The Kier molecular flexibility index (Phi) is 6.58. The fourth-order valence-electron chi connectivity index (χ4n) is 4.97. The molecular formula is C30H31N3O3. The first kappa shape index (κ1) is 24.1. The number of hydrogen-bond donors (Lipinski definition) is 0. The van der Waals surface area contributed by atoms with Crippen molar-refractivity contribution < 1.29 is 9.53 Å². The van der Waals surface area contributed by atoms with Crippen LogP contribution < -0.4 is 4.65 Å². The van der Waals surface area contributed by atoms with E-state index in [9.17, 15) is 10.0 Å². The van der Waals surface area contributed by atoms with E-state index in [1.54, 1.807) is 11.1 Å². The van der Waals surface area contributed by atoms with Crippen molar-refractivity contribution in [3.05, 3.63) is 100 Å². The van der Waals surface area contributed by atoms with Crippen molar-refractivity contribution in [2.75, 3.05) is 33.4 Å². The SMILES string of the molecule is Cc1ccccc1-c1cc([N+]2([O-])CCOCC2)ncc1C(=O)N(C)Cc1c(C)ccc2ccccc12. The summed E-state index contributed by atoms with van der Waals surface area (Å²) in [5.41, 5.74) is 5.47. The number of nitrogens with zero attached hydrogens (tertiary/aromatic N) is 3. The van der Waals surface area contributed by atoms with Gasteiger partial charge in [-0.15, -0.1) is 0 Å². The van der Waals surface area contributed by atoms with Gasteiger partial charge < -0.3 is 19.5 Å². The van der Waals surface area contributed by atoms with Crippen molar-refractivity contribution in [2.24, 2.45) is 0 Å². The number of pyridine rings is 1. The van der Waals surface area contributed by atoms with Crippen molar-refractivity contribution in [3.63, 3.8) is 0 Å². The Labute approximate surface area is 211 Å². The summed E-state index contributed by atoms with van der Waals surface area (Å²) in [5, 5.41) is 15.8. The first-order chi connectivity index (χ1) is 17.4. The van der Waals surface area contributed by atoms with E-state index in [-0.39, 0.29) is 5.91 Å². The molecule has 1 amide bonds. The Morgan fingerprint density at radius 3 is 2.47 bits per heavy atom. The standard InChI is InChI=1S/C30H31N3O3/c1-21-8-4-6-10-24(21)26-18-29(33(35)14-16-36-17-15-33)31-19-27(26)30(34)32(3)20-28-22(2)12-13-23-9-5-7-11-25(23)28/h4-13,18-19H,14-17,20H2,1-3H3. The Balaban J connectivity index is 1.55. The highest BCUT2D eigenvalue weighted by molar-refractivity contribution is 6.01. The normalized spacial score (nSPS) is 15.1. The zero-order chi connectivity index (χ0) is 25.3. The Morgan fingerprint density at radius 2 is 1.69 bits per heavy atom. The summed E-state index contributed by atoms with van der Waals surface area (Å²) in [6.45, 7) is 6.00. The fourth-order valence-corrected chi connectivity index (χ4v) is 4.97. The number of aromatic nitrogens is 1. The summed E-state index contributed by atoms with van der Waals surface area (Å²) in [6, 6.07) is 22.2. The van der Waals surface area contributed by atoms with Gasteiger partial charge in [-0.2, -0.15) is 0 Å². The highest BCUT2D eigenvalue weighted by Gasteiger charge is 2.28. The summed E-state index contributed by atoms with van der Waals surface area (Å²) in [4.78, 5) is 20.1. The number of amides is 1. The predicted octanol–water partition coefficient (Wildman–Crippen LogP) is 5.63. The van der Waals surface area contributed by atoms with Crippen LogP contribution in [0.3, 0.4) is 0 Å². The molecule has 1 saturated heterocycles. The van der Waals surface area contributed by atoms with Crippen LogP contribution in [0.1, 0.15) is 27.0 Å². The minimum absolute atomic E-state index is 0.126. The van der Waals surface area contributed by atoms with E-state index in [1.165, 1.54) is 0 Å². The quantitative estimate of drug-likeness (QED) is 0.274. The summed E-state index contributed by atoms with van der Waals surface area (Å²) in [6.07, 6.45) is 1.58. The maximum absolute atomic E-state index is 13.9. The fraction of sp³-hybridized carbons (Fsp3) is 0.267. The minimum Gasteiger partial charge on any atom is -0.626 e. The second-order valence-electron chi connectivity index (χ2n) is 9.60. The van der Waals surface area contributed by atoms with Gasteiger partial charge in [-0.3, -0.25) is 4.79 Å². The van der Waals surface area contributed by atoms with Crippen LogP contribution in [0.25, 0.3) is 21.9 Å². The molecule has 0 spiro atoms. The maximum Gasteiger partial charge on any atom is 0.256 e. The van der Waals surface area contributed by atoms with Crippen LogP contribution in [0.15, 0.2) is 72.9 Å². The van der Waals surface area contributed by atoms with Crippen molar-refractivity contribution >= 4 is 22.5 Å². The average Bonchev–Trinajstić information content (AvgIpc) is 2.90. The molecule has 4 aromatic rings. The Morgan fingerprint density at radius 1 is 0.972 bits per heavy atom. The van der Waals surface area contributed by atoms with E-state index >= 15 is 0 Å². The number of carbonyl (C=O) groups excluding carboxylic acids is 1. The average molecular weight is 482 g/mol. The van der Waals surface area contributed by atoms with Gasteiger partial charge in [0.1, 0.15) is 13.1 Å². The Bertz CT molecular complexity index is 1430. The summed E-state index contributed by atoms with van der Waals surface area (Å²) in [5.74, 6) is 0.291. The highest BCUT2D eigenvalue weighted by atomic mass is 16.6. The molecule has 0 saturated carbocycles. The van der Waals surface area contributed by atoms with Crippen molar-refractivity contribution in [1.29, 1.82) is 0 Å². The van der Waals surface area contributed by atoms with E-state index in [1.807, 2.05) is 56.4 Å². The van der Waals surface area contributed by atoms with Crippen molar-refractivity contribution in [3.8, 4) is 11.1 Å². The molecular weight excluding hydrogens is 450 g/mol. The number of rotatable bonds is 5. The van der Waals surface area contributed by atoms with Crippen molar-refractivity contribution in [1.82, 2.24) is 14.5 Å². The van der Waals surface area contributed by atoms with Gasteiger partial charge in [-0.05, 0) is 46.9 Å². The molecule has 184 valence electrons. The summed E-state index contributed by atoms with van der Waals surface area (Å²) in [7, 11) is 1.82. The number of benzene rings is 3. The van der Waals surface area contributed by atoms with Crippen LogP contribution in [-0.4, -0.2) is 49.1 Å². The third kappa shape index (κ3) is 4.51. The summed E-state index contributed by atoms with van der Waals surface area (Å²) >= 11 is 0. The van der Waals surface area contributed by atoms with Crippen LogP contribution in [0.2, 0.25) is 0 Å². The first-order valence-electron chi connectivity index (χ1n) is 12.3. The third-order valence-corrected chi connectivity index (χ3v) is 7.18. The van der Waals surface area contributed by atoms with E-state index in [0.29, 0.717) is 44.2 Å². The van der Waals surface area contributed by atoms with E-state index in [0.717, 1.165) is 38.6 Å². The lowest BCUT2D eigenvalue weighted by atomic mass is 9.96. The number of morpholine rings is 1. The lowest BCUT2D eigenvalue weighted by Crippen LogP contribution is -2.52. The van der Waals surface area contributed by atoms with E-state index in [4.69, 9.17) is 4.74 Å². The molecule has 0 unspecified atom stereocenters. The predicted molar refractivity (Wildman–Crippen MR) is 145 cm³/mol. The smallest absolute Gasteiger partial charge is 0.256 e. The van der Waals surface area contributed by atoms with Gasteiger partial charge in [-0.25, -0.2) is 4.98 Å². The molecule has 0 aliphatic carbocycles. The number of ether oxygens (including phenoxy) is 1. The highest BCUT2D eigenvalue weighted by Crippen LogP contribution is 2.33. The molecule has 1 aromatic heterocycles. The number of aryl methyl sites for hydroxylation is 2.